The standard InChI is InChI=1S/C35H26FN3O8S2/c1-3-46-34(41)30-31(23-7-5-4-6-8-23)37-35-38(32(30)24-12-14-25(36)15-13-24)33(40)29(48-35)19-22-10-16-26(17-11-22)47-49(44,45)27-18-9-21(2)28(20-27)39(42)43/h4-20,32H,3H2,1-2H3/b29-19-/t32-/m1/s1. The molecule has 11 nitrogen and oxygen atoms in total. The average molecular weight is 700 g/mol. The highest BCUT2D eigenvalue weighted by molar-refractivity contribution is 7.87. The van der Waals surface area contributed by atoms with E-state index < -0.39 is 38.4 Å². The Morgan fingerprint density at radius 3 is 2.39 bits per heavy atom. The SMILES string of the molecule is CCOC(=O)C1=C(c2ccccc2)N=c2s/c(=C\c3ccc(OS(=O)(=O)c4ccc(C)c([N+](=O)[O-])c4)cc3)c(=O)n2[C@@H]1c1ccc(F)cc1. The highest BCUT2D eigenvalue weighted by Gasteiger charge is 2.35. The molecule has 0 aliphatic carbocycles. The summed E-state index contributed by atoms with van der Waals surface area (Å²) in [7, 11) is -4.39. The van der Waals surface area contributed by atoms with Gasteiger partial charge in [0.2, 0.25) is 0 Å². The van der Waals surface area contributed by atoms with Crippen LogP contribution in [0, 0.1) is 22.9 Å². The first kappa shape index (κ1) is 33.2. The molecule has 0 N–H and O–H groups in total. The second-order valence-electron chi connectivity index (χ2n) is 10.8. The van der Waals surface area contributed by atoms with Crippen LogP contribution in [0.15, 0.2) is 117 Å². The van der Waals surface area contributed by atoms with Gasteiger partial charge in [0.15, 0.2) is 4.80 Å². The molecule has 0 unspecified atom stereocenters. The molecule has 0 fully saturated rings. The minimum atomic E-state index is -4.39. The van der Waals surface area contributed by atoms with E-state index in [9.17, 15) is 32.5 Å². The summed E-state index contributed by atoms with van der Waals surface area (Å²) in [6.45, 7) is 3.25. The molecule has 1 aliphatic heterocycles. The number of aryl methyl sites for hydroxylation is 1. The molecule has 0 saturated carbocycles. The second-order valence-corrected chi connectivity index (χ2v) is 13.4. The molecular formula is C35H26FN3O8S2. The lowest BCUT2D eigenvalue weighted by molar-refractivity contribution is -0.385. The average Bonchev–Trinajstić information content (AvgIpc) is 3.39. The van der Waals surface area contributed by atoms with E-state index in [1.54, 1.807) is 37.3 Å². The number of halogens is 1. The molecule has 1 aromatic heterocycles. The van der Waals surface area contributed by atoms with Crippen molar-refractivity contribution in [1.29, 1.82) is 0 Å². The van der Waals surface area contributed by atoms with Gasteiger partial charge in [0.1, 0.15) is 16.5 Å². The number of carbonyl (C=O) groups excluding carboxylic acids is 1. The maximum absolute atomic E-state index is 14.0. The number of nitro groups is 1. The summed E-state index contributed by atoms with van der Waals surface area (Å²) in [6, 6.07) is 22.9. The number of aromatic nitrogens is 1. The van der Waals surface area contributed by atoms with Gasteiger partial charge in [0.25, 0.3) is 11.2 Å². The first-order valence-electron chi connectivity index (χ1n) is 14.8. The van der Waals surface area contributed by atoms with Crippen molar-refractivity contribution in [1.82, 2.24) is 4.57 Å². The van der Waals surface area contributed by atoms with Crippen LogP contribution in [-0.2, 0) is 19.6 Å². The smallest absolute Gasteiger partial charge is 0.339 e. The van der Waals surface area contributed by atoms with E-state index >= 15 is 0 Å². The van der Waals surface area contributed by atoms with E-state index in [1.807, 2.05) is 6.07 Å². The summed E-state index contributed by atoms with van der Waals surface area (Å²) in [5.74, 6) is -1.20. The number of fused-ring (bicyclic) bond motifs is 1. The Bertz CT molecular complexity index is 2420. The van der Waals surface area contributed by atoms with Crippen LogP contribution in [0.3, 0.4) is 0 Å². The van der Waals surface area contributed by atoms with Crippen molar-refractivity contribution >= 4 is 44.9 Å². The third kappa shape index (κ3) is 6.68. The van der Waals surface area contributed by atoms with Crippen LogP contribution < -0.4 is 19.1 Å². The van der Waals surface area contributed by atoms with Crippen LogP contribution in [0.1, 0.15) is 35.2 Å². The minimum Gasteiger partial charge on any atom is -0.463 e. The third-order valence-corrected chi connectivity index (χ3v) is 9.84. The summed E-state index contributed by atoms with van der Waals surface area (Å²) >= 11 is 1.09. The molecule has 49 heavy (non-hydrogen) atoms. The molecule has 1 aliphatic rings. The predicted molar refractivity (Wildman–Crippen MR) is 180 cm³/mol. The first-order valence-corrected chi connectivity index (χ1v) is 17.0. The maximum Gasteiger partial charge on any atom is 0.339 e. The van der Waals surface area contributed by atoms with Crippen molar-refractivity contribution in [3.05, 3.63) is 161 Å². The summed E-state index contributed by atoms with van der Waals surface area (Å²) in [4.78, 5) is 42.9. The highest BCUT2D eigenvalue weighted by Crippen LogP contribution is 2.35. The lowest BCUT2D eigenvalue weighted by Crippen LogP contribution is -2.40. The minimum absolute atomic E-state index is 0.0512. The quantitative estimate of drug-likeness (QED) is 0.0898. The van der Waals surface area contributed by atoms with Gasteiger partial charge >= 0.3 is 16.1 Å². The number of benzene rings is 4. The van der Waals surface area contributed by atoms with Gasteiger partial charge in [-0.3, -0.25) is 19.5 Å². The number of esters is 1. The van der Waals surface area contributed by atoms with Crippen LogP contribution in [0.2, 0.25) is 0 Å². The Labute approximate surface area is 282 Å². The van der Waals surface area contributed by atoms with Gasteiger partial charge in [-0.2, -0.15) is 8.42 Å². The summed E-state index contributed by atoms with van der Waals surface area (Å²) in [6.07, 6.45) is 1.59. The van der Waals surface area contributed by atoms with Crippen molar-refractivity contribution in [2.75, 3.05) is 6.61 Å². The van der Waals surface area contributed by atoms with Crippen molar-refractivity contribution in [3.63, 3.8) is 0 Å². The molecule has 0 saturated heterocycles. The molecule has 2 heterocycles. The maximum atomic E-state index is 14.0. The highest BCUT2D eigenvalue weighted by atomic mass is 32.2. The van der Waals surface area contributed by atoms with Gasteiger partial charge in [0, 0.05) is 17.2 Å². The van der Waals surface area contributed by atoms with E-state index in [-0.39, 0.29) is 33.0 Å². The fourth-order valence-electron chi connectivity index (χ4n) is 5.29. The molecule has 0 amide bonds. The summed E-state index contributed by atoms with van der Waals surface area (Å²) in [5, 5.41) is 11.3. The second kappa shape index (κ2) is 13.4. The number of rotatable bonds is 9. The zero-order chi connectivity index (χ0) is 34.9. The van der Waals surface area contributed by atoms with E-state index in [0.717, 1.165) is 17.4 Å². The predicted octanol–water partition coefficient (Wildman–Crippen LogP) is 5.06. The number of nitrogens with zero attached hydrogens (tertiary/aromatic N) is 3. The van der Waals surface area contributed by atoms with E-state index in [1.165, 1.54) is 72.2 Å². The topological polar surface area (TPSA) is 147 Å². The van der Waals surface area contributed by atoms with Gasteiger partial charge < -0.3 is 8.92 Å². The van der Waals surface area contributed by atoms with Gasteiger partial charge in [-0.15, -0.1) is 0 Å². The molecule has 4 aromatic carbocycles. The third-order valence-electron chi connectivity index (χ3n) is 7.61. The number of nitro benzene ring substituents is 1. The Kier molecular flexibility index (Phi) is 9.08. The van der Waals surface area contributed by atoms with E-state index in [4.69, 9.17) is 13.9 Å². The summed E-state index contributed by atoms with van der Waals surface area (Å²) in [5.41, 5.74) is 1.55. The number of hydrogen-bond donors (Lipinski definition) is 0. The van der Waals surface area contributed by atoms with Crippen molar-refractivity contribution in [3.8, 4) is 5.75 Å². The zero-order valence-electron chi connectivity index (χ0n) is 25.9. The zero-order valence-corrected chi connectivity index (χ0v) is 27.5. The number of thiazole rings is 1. The number of carbonyl (C=O) groups is 1. The largest absolute Gasteiger partial charge is 0.463 e. The van der Waals surface area contributed by atoms with Crippen LogP contribution in [0.4, 0.5) is 10.1 Å². The first-order chi connectivity index (χ1) is 23.5. The van der Waals surface area contributed by atoms with Crippen LogP contribution in [-0.4, -0.2) is 30.5 Å². The van der Waals surface area contributed by atoms with Gasteiger partial charge in [-0.1, -0.05) is 72.0 Å². The van der Waals surface area contributed by atoms with Crippen LogP contribution >= 0.6 is 11.3 Å². The fraction of sp³-hybridized carbons (Fsp3) is 0.114. The Morgan fingerprint density at radius 2 is 1.73 bits per heavy atom. The number of ether oxygens (including phenoxy) is 1. The molecule has 14 heteroatoms. The molecule has 5 aromatic rings. The molecular weight excluding hydrogens is 674 g/mol. The Hall–Kier alpha value is -5.73. The van der Waals surface area contributed by atoms with Gasteiger partial charge in [-0.25, -0.2) is 14.2 Å². The van der Waals surface area contributed by atoms with Crippen molar-refractivity contribution < 1.29 is 31.4 Å². The molecule has 1 atom stereocenters. The fourth-order valence-corrected chi connectivity index (χ4v) is 7.24. The van der Waals surface area contributed by atoms with Crippen molar-refractivity contribution in [2.45, 2.75) is 24.8 Å². The lowest BCUT2D eigenvalue weighted by Gasteiger charge is -2.25. The molecule has 6 rings (SSSR count). The molecule has 248 valence electrons. The Balaban J connectivity index is 1.42. The Morgan fingerprint density at radius 1 is 1.04 bits per heavy atom. The molecule has 0 spiro atoms. The van der Waals surface area contributed by atoms with Gasteiger partial charge in [-0.05, 0) is 61.4 Å². The van der Waals surface area contributed by atoms with Crippen LogP contribution in [0.5, 0.6) is 5.75 Å². The normalized spacial score (nSPS) is 14.6. The van der Waals surface area contributed by atoms with E-state index in [2.05, 4.69) is 0 Å². The lowest BCUT2D eigenvalue weighted by atomic mass is 9.93. The van der Waals surface area contributed by atoms with E-state index in [0.29, 0.717) is 32.8 Å². The number of hydrogen-bond acceptors (Lipinski definition) is 10. The summed E-state index contributed by atoms with van der Waals surface area (Å²) < 4.78 is 52.0. The monoisotopic (exact) mass is 699 g/mol. The van der Waals surface area contributed by atoms with Crippen molar-refractivity contribution in [2.24, 2.45) is 4.99 Å². The molecule has 0 bridgehead atoms. The molecule has 0 radical (unpaired) electrons. The van der Waals surface area contributed by atoms with Crippen LogP contribution in [0.25, 0.3) is 11.8 Å². The van der Waals surface area contributed by atoms with Gasteiger partial charge in [0.05, 0.1) is 33.4 Å².